The van der Waals surface area contributed by atoms with Crippen molar-refractivity contribution in [1.29, 1.82) is 0 Å². The maximum atomic E-state index is 12.2. The first-order chi connectivity index (χ1) is 12.1. The minimum absolute atomic E-state index is 0.156. The standard InChI is InChI=1S/C19H16ClN3O2/c1-13-2-11-18(23-22-13)25-17-9-5-15(6-10-17)19(24)21-12-14-3-7-16(20)8-4-14/h2-11H,12H2,1H3,(H,21,24). The van der Waals surface area contributed by atoms with E-state index in [1.807, 2.05) is 25.1 Å². The second kappa shape index (κ2) is 7.77. The Balaban J connectivity index is 1.58. The van der Waals surface area contributed by atoms with Gasteiger partial charge in [-0.3, -0.25) is 4.79 Å². The Hall–Kier alpha value is -2.92. The molecule has 0 saturated heterocycles. The molecule has 0 aliphatic rings. The summed E-state index contributed by atoms with van der Waals surface area (Å²) < 4.78 is 5.59. The van der Waals surface area contributed by atoms with Gasteiger partial charge in [0, 0.05) is 23.2 Å². The highest BCUT2D eigenvalue weighted by Gasteiger charge is 2.06. The summed E-state index contributed by atoms with van der Waals surface area (Å²) in [5.41, 5.74) is 2.35. The molecule has 6 heteroatoms. The minimum atomic E-state index is -0.156. The molecule has 0 aliphatic carbocycles. The fourth-order valence-electron chi connectivity index (χ4n) is 2.12. The third kappa shape index (κ3) is 4.78. The van der Waals surface area contributed by atoms with Crippen LogP contribution in [0.4, 0.5) is 0 Å². The van der Waals surface area contributed by atoms with Gasteiger partial charge in [0.15, 0.2) is 0 Å². The predicted octanol–water partition coefficient (Wildman–Crippen LogP) is 4.16. The number of aromatic nitrogens is 2. The van der Waals surface area contributed by atoms with Crippen LogP contribution in [0, 0.1) is 6.92 Å². The fraction of sp³-hybridized carbons (Fsp3) is 0.105. The van der Waals surface area contributed by atoms with E-state index < -0.39 is 0 Å². The van der Waals surface area contributed by atoms with Gasteiger partial charge >= 0.3 is 0 Å². The summed E-state index contributed by atoms with van der Waals surface area (Å²) in [5, 5.41) is 11.4. The van der Waals surface area contributed by atoms with Crippen molar-refractivity contribution in [3.63, 3.8) is 0 Å². The quantitative estimate of drug-likeness (QED) is 0.748. The molecule has 25 heavy (non-hydrogen) atoms. The molecule has 0 spiro atoms. The van der Waals surface area contributed by atoms with Crippen LogP contribution in [0.15, 0.2) is 60.7 Å². The van der Waals surface area contributed by atoms with E-state index in [2.05, 4.69) is 15.5 Å². The number of carbonyl (C=O) groups excluding carboxylic acids is 1. The third-order valence-corrected chi connectivity index (χ3v) is 3.73. The predicted molar refractivity (Wildman–Crippen MR) is 95.9 cm³/mol. The zero-order chi connectivity index (χ0) is 17.6. The summed E-state index contributed by atoms with van der Waals surface area (Å²) in [6, 6.07) is 17.8. The van der Waals surface area contributed by atoms with E-state index in [1.54, 1.807) is 42.5 Å². The van der Waals surface area contributed by atoms with Crippen molar-refractivity contribution in [2.45, 2.75) is 13.5 Å². The number of amides is 1. The second-order valence-electron chi connectivity index (χ2n) is 5.45. The number of nitrogens with one attached hydrogen (secondary N) is 1. The molecule has 0 aliphatic heterocycles. The van der Waals surface area contributed by atoms with Crippen LogP contribution >= 0.6 is 11.6 Å². The van der Waals surface area contributed by atoms with E-state index in [1.165, 1.54) is 0 Å². The summed E-state index contributed by atoms with van der Waals surface area (Å²) in [7, 11) is 0. The number of rotatable bonds is 5. The lowest BCUT2D eigenvalue weighted by Crippen LogP contribution is -2.22. The van der Waals surface area contributed by atoms with Crippen molar-refractivity contribution < 1.29 is 9.53 Å². The first-order valence-electron chi connectivity index (χ1n) is 7.71. The number of aryl methyl sites for hydroxylation is 1. The van der Waals surface area contributed by atoms with Gasteiger partial charge in [0.2, 0.25) is 5.88 Å². The molecule has 0 bridgehead atoms. The van der Waals surface area contributed by atoms with Crippen LogP contribution in [0.25, 0.3) is 0 Å². The summed E-state index contributed by atoms with van der Waals surface area (Å²) in [4.78, 5) is 12.2. The molecule has 1 heterocycles. The third-order valence-electron chi connectivity index (χ3n) is 3.48. The fourth-order valence-corrected chi connectivity index (χ4v) is 2.25. The first-order valence-corrected chi connectivity index (χ1v) is 8.09. The molecule has 0 fully saturated rings. The van der Waals surface area contributed by atoms with Crippen molar-refractivity contribution >= 4 is 17.5 Å². The lowest BCUT2D eigenvalue weighted by Gasteiger charge is -2.07. The number of hydrogen-bond acceptors (Lipinski definition) is 4. The van der Waals surface area contributed by atoms with Crippen molar-refractivity contribution in [2.24, 2.45) is 0 Å². The molecule has 1 N–H and O–H groups in total. The number of halogens is 1. The Morgan fingerprint density at radius 3 is 2.36 bits per heavy atom. The second-order valence-corrected chi connectivity index (χ2v) is 5.88. The number of benzene rings is 2. The normalized spacial score (nSPS) is 10.3. The maximum Gasteiger partial charge on any atom is 0.251 e. The van der Waals surface area contributed by atoms with E-state index in [0.29, 0.717) is 28.8 Å². The van der Waals surface area contributed by atoms with Crippen molar-refractivity contribution in [3.05, 3.63) is 82.5 Å². The van der Waals surface area contributed by atoms with Gasteiger partial charge in [0.25, 0.3) is 5.91 Å². The van der Waals surface area contributed by atoms with E-state index in [0.717, 1.165) is 11.3 Å². The minimum Gasteiger partial charge on any atom is -0.438 e. The van der Waals surface area contributed by atoms with Crippen LogP contribution in [-0.4, -0.2) is 16.1 Å². The van der Waals surface area contributed by atoms with E-state index in [4.69, 9.17) is 16.3 Å². The topological polar surface area (TPSA) is 64.1 Å². The van der Waals surface area contributed by atoms with Crippen molar-refractivity contribution in [2.75, 3.05) is 0 Å². The van der Waals surface area contributed by atoms with Crippen LogP contribution < -0.4 is 10.1 Å². The van der Waals surface area contributed by atoms with Gasteiger partial charge in [0.05, 0.1) is 5.69 Å². The molecule has 0 atom stereocenters. The van der Waals surface area contributed by atoms with Gasteiger partial charge in [-0.2, -0.15) is 5.10 Å². The molecular formula is C19H16ClN3O2. The van der Waals surface area contributed by atoms with Crippen LogP contribution in [0.2, 0.25) is 5.02 Å². The highest BCUT2D eigenvalue weighted by atomic mass is 35.5. The highest BCUT2D eigenvalue weighted by molar-refractivity contribution is 6.30. The zero-order valence-electron chi connectivity index (χ0n) is 13.6. The Labute approximate surface area is 150 Å². The average Bonchev–Trinajstić information content (AvgIpc) is 2.63. The maximum absolute atomic E-state index is 12.2. The smallest absolute Gasteiger partial charge is 0.251 e. The lowest BCUT2D eigenvalue weighted by atomic mass is 10.2. The van der Waals surface area contributed by atoms with Crippen LogP contribution in [0.3, 0.4) is 0 Å². The lowest BCUT2D eigenvalue weighted by molar-refractivity contribution is 0.0951. The summed E-state index contributed by atoms with van der Waals surface area (Å²) >= 11 is 5.84. The molecule has 3 aromatic rings. The van der Waals surface area contributed by atoms with E-state index in [9.17, 15) is 4.79 Å². The summed E-state index contributed by atoms with van der Waals surface area (Å²) in [6.45, 7) is 2.29. The first kappa shape index (κ1) is 16.9. The monoisotopic (exact) mass is 353 g/mol. The Kier molecular flexibility index (Phi) is 5.26. The van der Waals surface area contributed by atoms with Crippen LogP contribution in [0.1, 0.15) is 21.6 Å². The number of ether oxygens (including phenoxy) is 1. The van der Waals surface area contributed by atoms with Gasteiger partial charge in [-0.05, 0) is 55.0 Å². The average molecular weight is 354 g/mol. The van der Waals surface area contributed by atoms with Crippen LogP contribution in [-0.2, 0) is 6.54 Å². The molecular weight excluding hydrogens is 338 g/mol. The number of hydrogen-bond donors (Lipinski definition) is 1. The molecule has 3 rings (SSSR count). The van der Waals surface area contributed by atoms with Crippen molar-refractivity contribution in [1.82, 2.24) is 15.5 Å². The van der Waals surface area contributed by atoms with Crippen molar-refractivity contribution in [3.8, 4) is 11.6 Å². The molecule has 1 aromatic heterocycles. The van der Waals surface area contributed by atoms with E-state index >= 15 is 0 Å². The highest BCUT2D eigenvalue weighted by Crippen LogP contribution is 2.19. The molecule has 2 aromatic carbocycles. The van der Waals surface area contributed by atoms with Crippen LogP contribution in [0.5, 0.6) is 11.6 Å². The van der Waals surface area contributed by atoms with Gasteiger partial charge < -0.3 is 10.1 Å². The number of carbonyl (C=O) groups is 1. The van der Waals surface area contributed by atoms with Gasteiger partial charge in [0.1, 0.15) is 5.75 Å². The molecule has 0 unspecified atom stereocenters. The number of nitrogens with zero attached hydrogens (tertiary/aromatic N) is 2. The molecule has 5 nitrogen and oxygen atoms in total. The van der Waals surface area contributed by atoms with Gasteiger partial charge in [-0.15, -0.1) is 5.10 Å². The Morgan fingerprint density at radius 2 is 1.72 bits per heavy atom. The Bertz CT molecular complexity index is 847. The molecule has 1 amide bonds. The molecule has 0 saturated carbocycles. The summed E-state index contributed by atoms with van der Waals surface area (Å²) in [6.07, 6.45) is 0. The van der Waals surface area contributed by atoms with E-state index in [-0.39, 0.29) is 5.91 Å². The Morgan fingerprint density at radius 1 is 1.00 bits per heavy atom. The summed E-state index contributed by atoms with van der Waals surface area (Å²) in [5.74, 6) is 0.842. The molecule has 0 radical (unpaired) electrons. The van der Waals surface area contributed by atoms with Gasteiger partial charge in [-0.1, -0.05) is 23.7 Å². The zero-order valence-corrected chi connectivity index (χ0v) is 14.3. The largest absolute Gasteiger partial charge is 0.438 e. The molecule has 126 valence electrons. The van der Waals surface area contributed by atoms with Gasteiger partial charge in [-0.25, -0.2) is 0 Å². The SMILES string of the molecule is Cc1ccc(Oc2ccc(C(=O)NCc3ccc(Cl)cc3)cc2)nn1.